The standard InChI is InChI=1S/C46H33N/c1-3-12-34(13-4-1)36-22-28-40(29-23-36)47(41-30-24-37(25-31-41)35-14-5-2-6-15-35)42-32-26-39(27-33-42)44-19-9-10-20-45(44)46-21-11-17-38-16-7-8-18-43(38)46/h1-33H. The number of fused-ring (bicyclic) bond motifs is 1. The predicted octanol–water partition coefficient (Wildman–Crippen LogP) is 13.0. The summed E-state index contributed by atoms with van der Waals surface area (Å²) < 4.78 is 0. The third kappa shape index (κ3) is 5.72. The van der Waals surface area contributed by atoms with Crippen LogP contribution < -0.4 is 4.90 Å². The van der Waals surface area contributed by atoms with E-state index in [0.29, 0.717) is 0 Å². The zero-order chi connectivity index (χ0) is 31.4. The molecule has 0 saturated carbocycles. The van der Waals surface area contributed by atoms with Crippen molar-refractivity contribution in [2.24, 2.45) is 0 Å². The van der Waals surface area contributed by atoms with Crippen LogP contribution in [0.5, 0.6) is 0 Å². The maximum atomic E-state index is 2.34. The highest BCUT2D eigenvalue weighted by Crippen LogP contribution is 2.40. The minimum atomic E-state index is 1.11. The highest BCUT2D eigenvalue weighted by molar-refractivity contribution is 6.00. The molecule has 0 N–H and O–H groups in total. The van der Waals surface area contributed by atoms with E-state index in [9.17, 15) is 0 Å². The van der Waals surface area contributed by atoms with E-state index >= 15 is 0 Å². The van der Waals surface area contributed by atoms with Crippen LogP contribution in [0.25, 0.3) is 55.3 Å². The third-order valence-electron chi connectivity index (χ3n) is 8.91. The van der Waals surface area contributed by atoms with Crippen molar-refractivity contribution in [3.8, 4) is 44.5 Å². The highest BCUT2D eigenvalue weighted by Gasteiger charge is 2.15. The average Bonchev–Trinajstić information content (AvgIpc) is 3.16. The van der Waals surface area contributed by atoms with Gasteiger partial charge in [-0.3, -0.25) is 0 Å². The van der Waals surface area contributed by atoms with Crippen molar-refractivity contribution in [1.82, 2.24) is 0 Å². The van der Waals surface area contributed by atoms with E-state index in [2.05, 4.69) is 205 Å². The van der Waals surface area contributed by atoms with Crippen molar-refractivity contribution in [3.05, 3.63) is 200 Å². The number of benzene rings is 8. The molecule has 0 unspecified atom stereocenters. The molecular weight excluding hydrogens is 567 g/mol. The van der Waals surface area contributed by atoms with E-state index in [4.69, 9.17) is 0 Å². The fourth-order valence-corrected chi connectivity index (χ4v) is 6.53. The maximum Gasteiger partial charge on any atom is 0.0462 e. The van der Waals surface area contributed by atoms with Gasteiger partial charge in [0, 0.05) is 17.1 Å². The molecule has 8 aromatic rings. The maximum absolute atomic E-state index is 2.34. The second-order valence-electron chi connectivity index (χ2n) is 11.8. The van der Waals surface area contributed by atoms with Gasteiger partial charge in [0.25, 0.3) is 0 Å². The van der Waals surface area contributed by atoms with Crippen LogP contribution in [-0.2, 0) is 0 Å². The topological polar surface area (TPSA) is 3.24 Å². The molecule has 0 spiro atoms. The molecule has 0 aliphatic heterocycles. The van der Waals surface area contributed by atoms with Gasteiger partial charge in [-0.05, 0) is 91.7 Å². The van der Waals surface area contributed by atoms with Crippen molar-refractivity contribution in [3.63, 3.8) is 0 Å². The van der Waals surface area contributed by atoms with Gasteiger partial charge in [0.1, 0.15) is 0 Å². The molecule has 8 aromatic carbocycles. The Kier molecular flexibility index (Phi) is 7.63. The summed E-state index contributed by atoms with van der Waals surface area (Å²) in [6.07, 6.45) is 0. The molecule has 0 heterocycles. The van der Waals surface area contributed by atoms with Crippen LogP contribution >= 0.6 is 0 Å². The van der Waals surface area contributed by atoms with Crippen LogP contribution in [0.2, 0.25) is 0 Å². The number of anilines is 3. The molecule has 0 aliphatic rings. The molecule has 0 fully saturated rings. The van der Waals surface area contributed by atoms with Crippen molar-refractivity contribution < 1.29 is 0 Å². The Balaban J connectivity index is 1.19. The zero-order valence-electron chi connectivity index (χ0n) is 26.0. The monoisotopic (exact) mass is 599 g/mol. The summed E-state index contributed by atoms with van der Waals surface area (Å²) in [4.78, 5) is 2.34. The average molecular weight is 600 g/mol. The van der Waals surface area contributed by atoms with Gasteiger partial charge in [-0.2, -0.15) is 0 Å². The number of rotatable bonds is 7. The van der Waals surface area contributed by atoms with E-state index in [1.54, 1.807) is 0 Å². The van der Waals surface area contributed by atoms with Gasteiger partial charge in [0.05, 0.1) is 0 Å². The number of hydrogen-bond acceptors (Lipinski definition) is 1. The molecular formula is C46H33N. The summed E-state index contributed by atoms with van der Waals surface area (Å²) in [6, 6.07) is 71.7. The normalized spacial score (nSPS) is 11.0. The molecule has 0 bridgehead atoms. The lowest BCUT2D eigenvalue weighted by atomic mass is 9.91. The molecule has 1 heteroatoms. The molecule has 1 nitrogen and oxygen atoms in total. The second kappa shape index (κ2) is 12.7. The zero-order valence-corrected chi connectivity index (χ0v) is 26.0. The van der Waals surface area contributed by atoms with Crippen molar-refractivity contribution in [2.45, 2.75) is 0 Å². The van der Waals surface area contributed by atoms with Crippen molar-refractivity contribution >= 4 is 27.8 Å². The van der Waals surface area contributed by atoms with Crippen LogP contribution in [0, 0.1) is 0 Å². The molecule has 0 amide bonds. The molecule has 222 valence electrons. The smallest absolute Gasteiger partial charge is 0.0462 e. The number of nitrogens with zero attached hydrogens (tertiary/aromatic N) is 1. The summed E-state index contributed by atoms with van der Waals surface area (Å²) >= 11 is 0. The Labute approximate surface area is 276 Å². The largest absolute Gasteiger partial charge is 0.311 e. The molecule has 0 saturated heterocycles. The molecule has 8 rings (SSSR count). The lowest BCUT2D eigenvalue weighted by molar-refractivity contribution is 1.28. The van der Waals surface area contributed by atoms with Crippen molar-refractivity contribution in [1.29, 1.82) is 0 Å². The lowest BCUT2D eigenvalue weighted by Gasteiger charge is -2.26. The summed E-state index contributed by atoms with van der Waals surface area (Å²) in [7, 11) is 0. The minimum Gasteiger partial charge on any atom is -0.311 e. The first-order chi connectivity index (χ1) is 23.3. The van der Waals surface area contributed by atoms with Gasteiger partial charge in [-0.1, -0.05) is 164 Å². The van der Waals surface area contributed by atoms with E-state index < -0.39 is 0 Å². The lowest BCUT2D eigenvalue weighted by Crippen LogP contribution is -2.09. The Bertz CT molecular complexity index is 2160. The van der Waals surface area contributed by atoms with E-state index in [0.717, 1.165) is 17.1 Å². The fraction of sp³-hybridized carbons (Fsp3) is 0. The van der Waals surface area contributed by atoms with Crippen LogP contribution in [0.4, 0.5) is 17.1 Å². The summed E-state index contributed by atoms with van der Waals surface area (Å²) in [6.45, 7) is 0. The van der Waals surface area contributed by atoms with Crippen LogP contribution in [0.1, 0.15) is 0 Å². The summed E-state index contributed by atoms with van der Waals surface area (Å²) in [5, 5.41) is 2.52. The van der Waals surface area contributed by atoms with E-state index in [-0.39, 0.29) is 0 Å². The first-order valence-electron chi connectivity index (χ1n) is 16.1. The van der Waals surface area contributed by atoms with Crippen LogP contribution in [0.3, 0.4) is 0 Å². The Hall–Kier alpha value is -6.18. The summed E-state index contributed by atoms with van der Waals surface area (Å²) in [5.41, 5.74) is 13.1. The predicted molar refractivity (Wildman–Crippen MR) is 200 cm³/mol. The van der Waals surface area contributed by atoms with Gasteiger partial charge in [0.15, 0.2) is 0 Å². The quantitative estimate of drug-likeness (QED) is 0.176. The molecule has 0 aliphatic carbocycles. The summed E-state index contributed by atoms with van der Waals surface area (Å²) in [5.74, 6) is 0. The van der Waals surface area contributed by atoms with Crippen molar-refractivity contribution in [2.75, 3.05) is 4.90 Å². The molecule has 47 heavy (non-hydrogen) atoms. The van der Waals surface area contributed by atoms with E-state index in [1.165, 1.54) is 55.3 Å². The number of hydrogen-bond donors (Lipinski definition) is 0. The van der Waals surface area contributed by atoms with Gasteiger partial charge < -0.3 is 4.90 Å². The Morgan fingerprint density at radius 1 is 0.234 bits per heavy atom. The fourth-order valence-electron chi connectivity index (χ4n) is 6.53. The third-order valence-corrected chi connectivity index (χ3v) is 8.91. The van der Waals surface area contributed by atoms with Gasteiger partial charge in [-0.15, -0.1) is 0 Å². The second-order valence-corrected chi connectivity index (χ2v) is 11.8. The molecule has 0 atom stereocenters. The van der Waals surface area contributed by atoms with Gasteiger partial charge >= 0.3 is 0 Å². The highest BCUT2D eigenvalue weighted by atomic mass is 15.1. The first-order valence-corrected chi connectivity index (χ1v) is 16.1. The SMILES string of the molecule is c1ccc(-c2ccc(N(c3ccc(-c4ccccc4)cc3)c3ccc(-c4ccccc4-c4cccc5ccccc45)cc3)cc2)cc1. The molecule has 0 radical (unpaired) electrons. The Morgan fingerprint density at radius 3 is 1.17 bits per heavy atom. The van der Waals surface area contributed by atoms with E-state index in [1.807, 2.05) is 0 Å². The van der Waals surface area contributed by atoms with Gasteiger partial charge in [-0.25, -0.2) is 0 Å². The van der Waals surface area contributed by atoms with Gasteiger partial charge in [0.2, 0.25) is 0 Å². The first kappa shape index (κ1) is 28.3. The Morgan fingerprint density at radius 2 is 0.617 bits per heavy atom. The minimum absolute atomic E-state index is 1.11. The van der Waals surface area contributed by atoms with Crippen LogP contribution in [-0.4, -0.2) is 0 Å². The van der Waals surface area contributed by atoms with Crippen LogP contribution in [0.15, 0.2) is 200 Å². The molecule has 0 aromatic heterocycles.